The van der Waals surface area contributed by atoms with E-state index in [-0.39, 0.29) is 16.5 Å². The molecule has 1 amide bonds. The Bertz CT molecular complexity index is 1090. The lowest BCUT2D eigenvalue weighted by molar-refractivity contribution is 0.267. The lowest BCUT2D eigenvalue weighted by Crippen LogP contribution is -2.19. The van der Waals surface area contributed by atoms with E-state index in [0.717, 1.165) is 22.5 Å². The number of nitrogens with one attached hydrogen (secondary N) is 1. The molecule has 0 aliphatic rings. The summed E-state index contributed by atoms with van der Waals surface area (Å²) in [4.78, 5) is 11.2. The molecule has 0 fully saturated rings. The van der Waals surface area contributed by atoms with Gasteiger partial charge in [-0.15, -0.1) is 4.40 Å². The third-order valence-corrected chi connectivity index (χ3v) is 5.72. The number of carbonyl (C=O) groups is 1. The molecule has 138 valence electrons. The van der Waals surface area contributed by atoms with Crippen LogP contribution in [-0.4, -0.2) is 25.2 Å². The summed E-state index contributed by atoms with van der Waals surface area (Å²) in [6.45, 7) is 0. The normalized spacial score (nSPS) is 12.1. The van der Waals surface area contributed by atoms with Gasteiger partial charge in [-0.2, -0.15) is 8.42 Å². The number of nitrogens with zero attached hydrogens (tertiary/aromatic N) is 1. The number of fused-ring (bicyclic) bond motifs is 1. The van der Waals surface area contributed by atoms with Crippen molar-refractivity contribution in [2.45, 2.75) is 4.90 Å². The van der Waals surface area contributed by atoms with E-state index in [1.54, 1.807) is 18.2 Å². The van der Waals surface area contributed by atoms with E-state index in [0.29, 0.717) is 5.69 Å². The van der Waals surface area contributed by atoms with Gasteiger partial charge in [0.15, 0.2) is 0 Å². The van der Waals surface area contributed by atoms with Crippen LogP contribution in [0.4, 0.5) is 10.5 Å². The maximum atomic E-state index is 12.6. The second kappa shape index (κ2) is 8.24. The Labute approximate surface area is 161 Å². The van der Waals surface area contributed by atoms with Crippen LogP contribution in [0.15, 0.2) is 82.1 Å². The summed E-state index contributed by atoms with van der Waals surface area (Å²) in [5.41, 5.74) is 5.89. The number of thioether (sulfide) groups is 1. The Hall–Kier alpha value is -2.84. The monoisotopic (exact) mass is 399 g/mol. The minimum Gasteiger partial charge on any atom is -0.361 e. The standard InChI is InChI=1S/C19H17N3O3S2/c20-19(23)26-13-18(22-27(24,25)15-9-2-1-3-10-15)21-17-12-6-8-14-7-4-5-11-16(14)17/h1-12H,13H2,(H2,20,23)(H,21,22). The molecule has 0 unspecified atom stereocenters. The SMILES string of the molecule is NC(=O)SC/C(=N\S(=O)(=O)c1ccccc1)Nc1cccc2ccccc12. The molecular formula is C19H17N3O3S2. The molecule has 8 heteroatoms. The summed E-state index contributed by atoms with van der Waals surface area (Å²) in [5.74, 6) is 0.129. The first-order valence-electron chi connectivity index (χ1n) is 8.01. The van der Waals surface area contributed by atoms with Crippen molar-refractivity contribution < 1.29 is 13.2 Å². The number of carbonyl (C=O) groups excluding carboxylic acids is 1. The highest BCUT2D eigenvalue weighted by Gasteiger charge is 2.15. The van der Waals surface area contributed by atoms with Gasteiger partial charge < -0.3 is 11.1 Å². The molecule has 0 aromatic heterocycles. The van der Waals surface area contributed by atoms with Crippen LogP contribution < -0.4 is 11.1 Å². The van der Waals surface area contributed by atoms with Crippen LogP contribution in [0, 0.1) is 0 Å². The van der Waals surface area contributed by atoms with Gasteiger partial charge in [0.25, 0.3) is 15.3 Å². The summed E-state index contributed by atoms with van der Waals surface area (Å²) in [7, 11) is -3.92. The van der Waals surface area contributed by atoms with Gasteiger partial charge in [-0.1, -0.05) is 66.4 Å². The van der Waals surface area contributed by atoms with Gasteiger partial charge >= 0.3 is 0 Å². The molecule has 6 nitrogen and oxygen atoms in total. The Morgan fingerprint density at radius 1 is 0.963 bits per heavy atom. The maximum absolute atomic E-state index is 12.6. The van der Waals surface area contributed by atoms with Crippen LogP contribution in [0.3, 0.4) is 0 Å². The Kier molecular flexibility index (Phi) is 5.78. The molecule has 0 heterocycles. The van der Waals surface area contributed by atoms with E-state index in [9.17, 15) is 13.2 Å². The zero-order valence-electron chi connectivity index (χ0n) is 14.2. The number of amidine groups is 1. The van der Waals surface area contributed by atoms with E-state index in [1.807, 2.05) is 42.5 Å². The molecule has 0 aliphatic carbocycles. The van der Waals surface area contributed by atoms with Crippen LogP contribution >= 0.6 is 11.8 Å². The molecule has 0 saturated carbocycles. The zero-order valence-corrected chi connectivity index (χ0v) is 15.8. The van der Waals surface area contributed by atoms with E-state index in [4.69, 9.17) is 5.73 Å². The molecule has 0 radical (unpaired) electrons. The van der Waals surface area contributed by atoms with Crippen molar-refractivity contribution in [2.24, 2.45) is 10.1 Å². The number of sulfonamides is 1. The molecule has 27 heavy (non-hydrogen) atoms. The summed E-state index contributed by atoms with van der Waals surface area (Å²) < 4.78 is 29.1. The number of primary amides is 1. The number of nitrogens with two attached hydrogens (primary N) is 1. The van der Waals surface area contributed by atoms with Crippen LogP contribution in [-0.2, 0) is 10.0 Å². The van der Waals surface area contributed by atoms with E-state index in [1.165, 1.54) is 12.1 Å². The average Bonchev–Trinajstić information content (AvgIpc) is 2.67. The Balaban J connectivity index is 1.99. The topological polar surface area (TPSA) is 102 Å². The van der Waals surface area contributed by atoms with Crippen molar-refractivity contribution in [3.63, 3.8) is 0 Å². The van der Waals surface area contributed by atoms with Gasteiger partial charge in [-0.3, -0.25) is 4.79 Å². The summed E-state index contributed by atoms with van der Waals surface area (Å²) in [6.07, 6.45) is 0. The first kappa shape index (κ1) is 18.9. The van der Waals surface area contributed by atoms with Crippen molar-refractivity contribution in [1.82, 2.24) is 0 Å². The highest BCUT2D eigenvalue weighted by Crippen LogP contribution is 2.24. The number of amides is 1. The molecular weight excluding hydrogens is 382 g/mol. The second-order valence-electron chi connectivity index (χ2n) is 5.59. The van der Waals surface area contributed by atoms with Crippen molar-refractivity contribution in [2.75, 3.05) is 11.1 Å². The van der Waals surface area contributed by atoms with Gasteiger partial charge in [-0.05, 0) is 23.6 Å². The van der Waals surface area contributed by atoms with Gasteiger partial charge in [0, 0.05) is 11.1 Å². The van der Waals surface area contributed by atoms with Gasteiger partial charge in [0.2, 0.25) is 0 Å². The third kappa shape index (κ3) is 4.87. The number of benzene rings is 3. The van der Waals surface area contributed by atoms with E-state index < -0.39 is 15.3 Å². The summed E-state index contributed by atoms with van der Waals surface area (Å²) >= 11 is 0.781. The minimum absolute atomic E-state index is 0.00458. The van der Waals surface area contributed by atoms with E-state index >= 15 is 0 Å². The lowest BCUT2D eigenvalue weighted by atomic mass is 10.1. The lowest BCUT2D eigenvalue weighted by Gasteiger charge is -2.12. The number of rotatable bonds is 5. The van der Waals surface area contributed by atoms with Crippen molar-refractivity contribution in [3.05, 3.63) is 72.8 Å². The number of anilines is 1. The third-order valence-electron chi connectivity index (χ3n) is 3.69. The molecule has 0 spiro atoms. The molecule has 3 aromatic rings. The average molecular weight is 399 g/mol. The van der Waals surface area contributed by atoms with Crippen LogP contribution in [0.2, 0.25) is 0 Å². The van der Waals surface area contributed by atoms with Crippen LogP contribution in [0.25, 0.3) is 10.8 Å². The molecule has 0 saturated heterocycles. The highest BCUT2D eigenvalue weighted by molar-refractivity contribution is 8.14. The number of hydrogen-bond donors (Lipinski definition) is 2. The fourth-order valence-electron chi connectivity index (χ4n) is 2.50. The summed E-state index contributed by atoms with van der Waals surface area (Å²) in [6, 6.07) is 21.2. The Morgan fingerprint density at radius 2 is 1.63 bits per heavy atom. The first-order valence-corrected chi connectivity index (χ1v) is 10.4. The molecule has 0 atom stereocenters. The van der Waals surface area contributed by atoms with Crippen LogP contribution in [0.1, 0.15) is 0 Å². The predicted octanol–water partition coefficient (Wildman–Crippen LogP) is 3.85. The zero-order chi connectivity index (χ0) is 19.3. The molecule has 0 bridgehead atoms. The van der Waals surface area contributed by atoms with Crippen LogP contribution in [0.5, 0.6) is 0 Å². The molecule has 3 rings (SSSR count). The Morgan fingerprint density at radius 3 is 2.37 bits per heavy atom. The summed E-state index contributed by atoms with van der Waals surface area (Å²) in [5, 5.41) is 4.34. The quantitative estimate of drug-likeness (QED) is 0.501. The smallest absolute Gasteiger partial charge is 0.283 e. The molecule has 0 aliphatic heterocycles. The van der Waals surface area contributed by atoms with E-state index in [2.05, 4.69) is 9.71 Å². The maximum Gasteiger partial charge on any atom is 0.283 e. The second-order valence-corrected chi connectivity index (χ2v) is 8.17. The minimum atomic E-state index is -3.92. The van der Waals surface area contributed by atoms with Gasteiger partial charge in [-0.25, -0.2) is 0 Å². The van der Waals surface area contributed by atoms with Crippen molar-refractivity contribution in [3.8, 4) is 0 Å². The fraction of sp³-hybridized carbons (Fsp3) is 0.0526. The number of hydrogen-bond acceptors (Lipinski definition) is 4. The van der Waals surface area contributed by atoms with Crippen molar-refractivity contribution in [1.29, 1.82) is 0 Å². The molecule has 3 aromatic carbocycles. The van der Waals surface area contributed by atoms with Gasteiger partial charge in [0.05, 0.1) is 10.6 Å². The first-order chi connectivity index (χ1) is 13.0. The largest absolute Gasteiger partial charge is 0.361 e. The highest BCUT2D eigenvalue weighted by atomic mass is 32.2. The molecule has 3 N–H and O–H groups in total. The fourth-order valence-corrected chi connectivity index (χ4v) is 4.01. The van der Waals surface area contributed by atoms with Gasteiger partial charge in [0.1, 0.15) is 5.84 Å². The predicted molar refractivity (Wildman–Crippen MR) is 111 cm³/mol. The van der Waals surface area contributed by atoms with Crippen molar-refractivity contribution >= 4 is 49.3 Å².